The average Bonchev–Trinajstić information content (AvgIpc) is 2.09. The smallest absolute Gasteiger partial charge is 0.0624 e. The normalized spacial score (nSPS) is 27.5. The highest BCUT2D eigenvalue weighted by Crippen LogP contribution is 2.29. The molecule has 0 aromatic rings. The monoisotopic (exact) mass is 160 g/mol. The molecule has 2 heteroatoms. The van der Waals surface area contributed by atoms with Gasteiger partial charge in [0.25, 0.3) is 0 Å². The maximum atomic E-state index is 8.55. The van der Waals surface area contributed by atoms with Gasteiger partial charge in [0.05, 0.1) is 12.1 Å². The summed E-state index contributed by atoms with van der Waals surface area (Å²) < 4.78 is 0. The summed E-state index contributed by atoms with van der Waals surface area (Å²) in [7, 11) is 0. The first-order valence-electron chi connectivity index (χ1n) is 4.27. The Labute approximate surface area is 73.1 Å². The summed E-state index contributed by atoms with van der Waals surface area (Å²) in [6.45, 7) is 0. The lowest BCUT2D eigenvalue weighted by molar-refractivity contribution is 0.333. The fourth-order valence-corrected chi connectivity index (χ4v) is 1.66. The first kappa shape index (κ1) is 8.81. The van der Waals surface area contributed by atoms with Crippen molar-refractivity contribution in [3.63, 3.8) is 0 Å². The van der Waals surface area contributed by atoms with Gasteiger partial charge in [-0.1, -0.05) is 12.2 Å². The van der Waals surface area contributed by atoms with Crippen molar-refractivity contribution >= 4 is 0 Å². The fourth-order valence-electron chi connectivity index (χ4n) is 1.66. The lowest BCUT2D eigenvalue weighted by Crippen LogP contribution is -2.15. The molecule has 2 nitrogen and oxygen atoms in total. The van der Waals surface area contributed by atoms with Crippen molar-refractivity contribution in [3.05, 3.63) is 12.2 Å². The van der Waals surface area contributed by atoms with Gasteiger partial charge < -0.3 is 0 Å². The predicted molar refractivity (Wildman–Crippen MR) is 45.8 cm³/mol. The molecule has 0 heterocycles. The molecule has 0 aromatic carbocycles. The zero-order valence-electron chi connectivity index (χ0n) is 7.03. The molecule has 0 saturated heterocycles. The van der Waals surface area contributed by atoms with Crippen LogP contribution in [0.15, 0.2) is 12.2 Å². The van der Waals surface area contributed by atoms with Crippen molar-refractivity contribution in [2.24, 2.45) is 11.8 Å². The highest BCUT2D eigenvalue weighted by atomic mass is 14.3. The molecule has 0 saturated carbocycles. The summed E-state index contributed by atoms with van der Waals surface area (Å²) in [5, 5.41) is 17.1. The molecule has 1 aliphatic carbocycles. The van der Waals surface area contributed by atoms with Crippen LogP contribution in [0.5, 0.6) is 0 Å². The first-order valence-corrected chi connectivity index (χ1v) is 4.27. The third-order valence-corrected chi connectivity index (χ3v) is 2.42. The third kappa shape index (κ3) is 2.10. The van der Waals surface area contributed by atoms with Crippen LogP contribution in [-0.2, 0) is 0 Å². The second kappa shape index (κ2) is 4.57. The van der Waals surface area contributed by atoms with Crippen LogP contribution in [0.3, 0.4) is 0 Å². The predicted octanol–water partition coefficient (Wildman–Crippen LogP) is 2.40. The molecule has 1 rings (SSSR count). The van der Waals surface area contributed by atoms with E-state index in [4.69, 9.17) is 10.5 Å². The Morgan fingerprint density at radius 1 is 1.00 bits per heavy atom. The van der Waals surface area contributed by atoms with Crippen LogP contribution >= 0.6 is 0 Å². The van der Waals surface area contributed by atoms with Crippen LogP contribution in [0.25, 0.3) is 0 Å². The number of allylic oxidation sites excluding steroid dienone is 2. The Bertz CT molecular complexity index is 216. The van der Waals surface area contributed by atoms with E-state index in [0.717, 1.165) is 12.8 Å². The summed E-state index contributed by atoms with van der Waals surface area (Å²) in [6.07, 6.45) is 7.37. The Hall–Kier alpha value is -1.28. The Morgan fingerprint density at radius 3 is 1.75 bits per heavy atom. The summed E-state index contributed by atoms with van der Waals surface area (Å²) in [6, 6.07) is 4.37. The SMILES string of the molecule is N#CC[C@@H]1CC=CC[C@H]1CC#N. The maximum absolute atomic E-state index is 8.55. The average molecular weight is 160 g/mol. The summed E-state index contributed by atoms with van der Waals surface area (Å²) in [5.74, 6) is 0.833. The Morgan fingerprint density at radius 2 is 1.42 bits per heavy atom. The number of nitrogens with zero attached hydrogens (tertiary/aromatic N) is 2. The molecule has 1 aliphatic rings. The van der Waals surface area contributed by atoms with E-state index >= 15 is 0 Å². The van der Waals surface area contributed by atoms with Gasteiger partial charge in [-0.25, -0.2) is 0 Å². The van der Waals surface area contributed by atoms with E-state index in [0.29, 0.717) is 24.7 Å². The molecule has 0 amide bonds. The van der Waals surface area contributed by atoms with Crippen molar-refractivity contribution in [2.45, 2.75) is 25.7 Å². The van der Waals surface area contributed by atoms with Gasteiger partial charge in [0.1, 0.15) is 0 Å². The van der Waals surface area contributed by atoms with Crippen molar-refractivity contribution < 1.29 is 0 Å². The quantitative estimate of drug-likeness (QED) is 0.582. The second-order valence-electron chi connectivity index (χ2n) is 3.19. The highest BCUT2D eigenvalue weighted by molar-refractivity contribution is 4.99. The van der Waals surface area contributed by atoms with E-state index in [1.807, 2.05) is 0 Å². The molecular weight excluding hydrogens is 148 g/mol. The van der Waals surface area contributed by atoms with E-state index < -0.39 is 0 Å². The fraction of sp³-hybridized carbons (Fsp3) is 0.600. The highest BCUT2D eigenvalue weighted by Gasteiger charge is 2.21. The number of rotatable bonds is 2. The number of hydrogen-bond donors (Lipinski definition) is 0. The minimum Gasteiger partial charge on any atom is -0.198 e. The van der Waals surface area contributed by atoms with Crippen LogP contribution in [0.1, 0.15) is 25.7 Å². The lowest BCUT2D eigenvalue weighted by atomic mass is 9.80. The van der Waals surface area contributed by atoms with Crippen molar-refractivity contribution in [1.29, 1.82) is 10.5 Å². The standard InChI is InChI=1S/C10H12N2/c11-7-5-9-3-1-2-4-10(9)6-8-12/h1-2,9-10H,3-6H2/t9-,10-/m0/s1. The van der Waals surface area contributed by atoms with Gasteiger partial charge in [-0.05, 0) is 24.7 Å². The maximum Gasteiger partial charge on any atom is 0.0624 e. The zero-order chi connectivity index (χ0) is 8.81. The van der Waals surface area contributed by atoms with Crippen LogP contribution in [0.2, 0.25) is 0 Å². The van der Waals surface area contributed by atoms with Crippen molar-refractivity contribution in [2.75, 3.05) is 0 Å². The van der Waals surface area contributed by atoms with Crippen molar-refractivity contribution in [3.8, 4) is 12.1 Å². The molecule has 0 fully saturated rings. The third-order valence-electron chi connectivity index (χ3n) is 2.42. The topological polar surface area (TPSA) is 47.6 Å². The van der Waals surface area contributed by atoms with E-state index in [-0.39, 0.29) is 0 Å². The van der Waals surface area contributed by atoms with Gasteiger partial charge in [0.15, 0.2) is 0 Å². The van der Waals surface area contributed by atoms with Crippen LogP contribution in [-0.4, -0.2) is 0 Å². The molecule has 0 bridgehead atoms. The molecule has 0 aromatic heterocycles. The van der Waals surface area contributed by atoms with E-state index in [1.54, 1.807) is 0 Å². The lowest BCUT2D eigenvalue weighted by Gasteiger charge is -2.23. The van der Waals surface area contributed by atoms with E-state index in [2.05, 4.69) is 24.3 Å². The van der Waals surface area contributed by atoms with Gasteiger partial charge in [0.2, 0.25) is 0 Å². The summed E-state index contributed by atoms with van der Waals surface area (Å²) in [4.78, 5) is 0. The van der Waals surface area contributed by atoms with Gasteiger partial charge in [-0.15, -0.1) is 0 Å². The molecule has 2 atom stereocenters. The number of hydrogen-bond acceptors (Lipinski definition) is 2. The van der Waals surface area contributed by atoms with Gasteiger partial charge in [0, 0.05) is 12.8 Å². The zero-order valence-corrected chi connectivity index (χ0v) is 7.03. The molecule has 0 N–H and O–H groups in total. The summed E-state index contributed by atoms with van der Waals surface area (Å²) >= 11 is 0. The summed E-state index contributed by atoms with van der Waals surface area (Å²) in [5.41, 5.74) is 0. The molecule has 0 unspecified atom stereocenters. The minimum atomic E-state index is 0.416. The molecule has 12 heavy (non-hydrogen) atoms. The van der Waals surface area contributed by atoms with E-state index in [1.165, 1.54) is 0 Å². The first-order chi connectivity index (χ1) is 5.88. The second-order valence-corrected chi connectivity index (χ2v) is 3.19. The Kier molecular flexibility index (Phi) is 3.35. The molecule has 0 radical (unpaired) electrons. The van der Waals surface area contributed by atoms with E-state index in [9.17, 15) is 0 Å². The van der Waals surface area contributed by atoms with Gasteiger partial charge >= 0.3 is 0 Å². The van der Waals surface area contributed by atoms with Crippen LogP contribution in [0.4, 0.5) is 0 Å². The minimum absolute atomic E-state index is 0.416. The largest absolute Gasteiger partial charge is 0.198 e. The molecule has 0 spiro atoms. The van der Waals surface area contributed by atoms with Crippen LogP contribution in [0, 0.1) is 34.5 Å². The Balaban J connectivity index is 2.52. The molecule has 62 valence electrons. The van der Waals surface area contributed by atoms with Gasteiger partial charge in [-0.3, -0.25) is 0 Å². The van der Waals surface area contributed by atoms with Crippen LogP contribution < -0.4 is 0 Å². The molecular formula is C10H12N2. The molecule has 0 aliphatic heterocycles. The van der Waals surface area contributed by atoms with Gasteiger partial charge in [-0.2, -0.15) is 10.5 Å². The van der Waals surface area contributed by atoms with Crippen molar-refractivity contribution in [1.82, 2.24) is 0 Å². The number of nitriles is 2.